The van der Waals surface area contributed by atoms with Gasteiger partial charge in [0.2, 0.25) is 0 Å². The molecule has 2 rings (SSSR count). The second-order valence-corrected chi connectivity index (χ2v) is 2.81. The minimum absolute atomic E-state index is 0.231. The summed E-state index contributed by atoms with van der Waals surface area (Å²) in [6.45, 7) is 3.62. The molecule has 5 nitrogen and oxygen atoms in total. The van der Waals surface area contributed by atoms with Gasteiger partial charge in [0.05, 0.1) is 24.8 Å². The van der Waals surface area contributed by atoms with Gasteiger partial charge in [0.1, 0.15) is 0 Å². The van der Waals surface area contributed by atoms with Gasteiger partial charge in [-0.3, -0.25) is 0 Å². The van der Waals surface area contributed by atoms with Crippen molar-refractivity contribution in [2.24, 2.45) is 11.1 Å². The average Bonchev–Trinajstić information content (AvgIpc) is 2.64. The zero-order chi connectivity index (χ0) is 9.68. The van der Waals surface area contributed by atoms with Crippen LogP contribution < -0.4 is 0 Å². The van der Waals surface area contributed by atoms with Crippen molar-refractivity contribution in [2.75, 3.05) is 13.2 Å². The molecule has 0 aliphatic carbocycles. The fourth-order valence-corrected chi connectivity index (χ4v) is 1.48. The molecular formula is C8H11NO4. The molecule has 0 amide bonds. The molecule has 2 heterocycles. The van der Waals surface area contributed by atoms with Crippen LogP contribution in [0.4, 0.5) is 0 Å². The normalized spacial score (nSPS) is 29.2. The lowest BCUT2D eigenvalue weighted by Crippen LogP contribution is -2.20. The summed E-state index contributed by atoms with van der Waals surface area (Å²) in [5.41, 5.74) is 1.17. The van der Waals surface area contributed by atoms with E-state index in [1.54, 1.807) is 0 Å². The predicted octanol–water partition coefficient (Wildman–Crippen LogP) is 0.214. The number of rotatable bonds is 1. The monoisotopic (exact) mass is 185 g/mol. The van der Waals surface area contributed by atoms with Crippen molar-refractivity contribution in [3.05, 3.63) is 0 Å². The van der Waals surface area contributed by atoms with Crippen molar-refractivity contribution in [2.45, 2.75) is 19.4 Å². The third-order valence-corrected chi connectivity index (χ3v) is 2.12. The largest absolute Gasteiger partial charge is 0.389 e. The first-order valence-electron chi connectivity index (χ1n) is 4.13. The SMILES string of the molecule is CCC1=NO[C@@H]2COC[C@H]12.O=C=O. The van der Waals surface area contributed by atoms with Crippen molar-refractivity contribution in [1.82, 2.24) is 0 Å². The van der Waals surface area contributed by atoms with E-state index in [2.05, 4.69) is 12.1 Å². The minimum Gasteiger partial charge on any atom is -0.389 e. The van der Waals surface area contributed by atoms with Crippen LogP contribution in [0.25, 0.3) is 0 Å². The lowest BCUT2D eigenvalue weighted by Gasteiger charge is -2.03. The van der Waals surface area contributed by atoms with Crippen LogP contribution >= 0.6 is 0 Å². The first-order chi connectivity index (χ1) is 6.33. The van der Waals surface area contributed by atoms with E-state index in [-0.39, 0.29) is 12.3 Å². The first-order valence-corrected chi connectivity index (χ1v) is 4.13. The maximum absolute atomic E-state index is 8.12. The van der Waals surface area contributed by atoms with Gasteiger partial charge in [0.15, 0.2) is 6.10 Å². The molecule has 0 saturated carbocycles. The van der Waals surface area contributed by atoms with Crippen LogP contribution in [0.5, 0.6) is 0 Å². The number of hydrogen-bond donors (Lipinski definition) is 0. The molecule has 0 radical (unpaired) electrons. The molecule has 0 aromatic carbocycles. The highest BCUT2D eigenvalue weighted by atomic mass is 16.7. The minimum atomic E-state index is 0.231. The number of hydrogen-bond acceptors (Lipinski definition) is 5. The quantitative estimate of drug-likeness (QED) is 0.586. The van der Waals surface area contributed by atoms with E-state index in [0.717, 1.165) is 19.6 Å². The fraction of sp³-hybridized carbons (Fsp3) is 0.750. The molecule has 2 aliphatic rings. The zero-order valence-corrected chi connectivity index (χ0v) is 7.36. The summed E-state index contributed by atoms with van der Waals surface area (Å²) in [6, 6.07) is 0. The molecule has 13 heavy (non-hydrogen) atoms. The van der Waals surface area contributed by atoms with Gasteiger partial charge >= 0.3 is 6.15 Å². The number of fused-ring (bicyclic) bond motifs is 1. The molecule has 0 unspecified atom stereocenters. The smallest absolute Gasteiger partial charge is 0.373 e. The lowest BCUT2D eigenvalue weighted by atomic mass is 9.99. The zero-order valence-electron chi connectivity index (χ0n) is 7.36. The summed E-state index contributed by atoms with van der Waals surface area (Å²) in [4.78, 5) is 21.4. The van der Waals surface area contributed by atoms with Crippen LogP contribution in [0.15, 0.2) is 5.16 Å². The summed E-state index contributed by atoms with van der Waals surface area (Å²) < 4.78 is 5.24. The van der Waals surface area contributed by atoms with Crippen molar-refractivity contribution >= 4 is 11.9 Å². The predicted molar refractivity (Wildman–Crippen MR) is 41.9 cm³/mol. The van der Waals surface area contributed by atoms with Crippen LogP contribution in [-0.4, -0.2) is 31.2 Å². The Balaban J connectivity index is 0.000000251. The molecule has 2 atom stereocenters. The second kappa shape index (κ2) is 4.74. The van der Waals surface area contributed by atoms with E-state index < -0.39 is 0 Å². The van der Waals surface area contributed by atoms with Crippen LogP contribution in [0.3, 0.4) is 0 Å². The summed E-state index contributed by atoms with van der Waals surface area (Å²) >= 11 is 0. The lowest BCUT2D eigenvalue weighted by molar-refractivity contribution is -0.191. The third kappa shape index (κ3) is 2.14. The van der Waals surface area contributed by atoms with E-state index in [1.807, 2.05) is 0 Å². The highest BCUT2D eigenvalue weighted by Crippen LogP contribution is 2.25. The highest BCUT2D eigenvalue weighted by Gasteiger charge is 2.37. The number of oxime groups is 1. The number of nitrogens with zero attached hydrogens (tertiary/aromatic N) is 1. The van der Waals surface area contributed by atoms with Crippen LogP contribution in [0.2, 0.25) is 0 Å². The summed E-state index contributed by atoms with van der Waals surface area (Å²) in [5.74, 6) is 0.463. The van der Waals surface area contributed by atoms with Gasteiger partial charge < -0.3 is 9.57 Å². The molecule has 2 aliphatic heterocycles. The van der Waals surface area contributed by atoms with Gasteiger partial charge in [0.25, 0.3) is 0 Å². The van der Waals surface area contributed by atoms with E-state index in [4.69, 9.17) is 19.2 Å². The number of ether oxygens (including phenoxy) is 1. The Morgan fingerprint density at radius 3 is 2.85 bits per heavy atom. The molecule has 5 heteroatoms. The van der Waals surface area contributed by atoms with Gasteiger partial charge in [0, 0.05) is 0 Å². The summed E-state index contributed by atoms with van der Waals surface area (Å²) in [7, 11) is 0. The standard InChI is InChI=1S/C7H11NO2.CO2/c1-2-6-5-3-9-4-7(5)10-8-6;2-1-3/h5,7H,2-4H2,1H3;/t5-,7-;/m1./s1. The van der Waals surface area contributed by atoms with Crippen molar-refractivity contribution < 1.29 is 19.2 Å². The van der Waals surface area contributed by atoms with Gasteiger partial charge in [-0.2, -0.15) is 9.59 Å². The van der Waals surface area contributed by atoms with Crippen LogP contribution in [0, 0.1) is 5.92 Å². The molecule has 0 spiro atoms. The van der Waals surface area contributed by atoms with Crippen molar-refractivity contribution in [3.63, 3.8) is 0 Å². The molecule has 0 N–H and O–H groups in total. The molecule has 1 saturated heterocycles. The second-order valence-electron chi connectivity index (χ2n) is 2.81. The third-order valence-electron chi connectivity index (χ3n) is 2.12. The maximum Gasteiger partial charge on any atom is 0.373 e. The Hall–Kier alpha value is -1.19. The van der Waals surface area contributed by atoms with Gasteiger partial charge in [-0.15, -0.1) is 0 Å². The van der Waals surface area contributed by atoms with Crippen LogP contribution in [-0.2, 0) is 19.2 Å². The molecule has 1 fully saturated rings. The Bertz CT molecular complexity index is 232. The summed E-state index contributed by atoms with van der Waals surface area (Å²) in [6.07, 6.45) is 1.47. The fourth-order valence-electron chi connectivity index (χ4n) is 1.48. The Kier molecular flexibility index (Phi) is 3.61. The van der Waals surface area contributed by atoms with E-state index >= 15 is 0 Å². The van der Waals surface area contributed by atoms with Gasteiger partial charge in [-0.1, -0.05) is 12.1 Å². The molecule has 72 valence electrons. The average molecular weight is 185 g/mol. The van der Waals surface area contributed by atoms with Crippen molar-refractivity contribution in [3.8, 4) is 0 Å². The first kappa shape index (κ1) is 9.89. The van der Waals surface area contributed by atoms with E-state index in [0.29, 0.717) is 5.92 Å². The molecule has 0 aromatic rings. The van der Waals surface area contributed by atoms with E-state index in [9.17, 15) is 0 Å². The number of carbonyl (C=O) groups excluding carboxylic acids is 2. The Labute approximate surface area is 75.7 Å². The topological polar surface area (TPSA) is 65.0 Å². The van der Waals surface area contributed by atoms with Gasteiger partial charge in [-0.05, 0) is 6.42 Å². The Morgan fingerprint density at radius 1 is 1.54 bits per heavy atom. The Morgan fingerprint density at radius 2 is 2.23 bits per heavy atom. The molecular weight excluding hydrogens is 174 g/mol. The summed E-state index contributed by atoms with van der Waals surface area (Å²) in [5, 5.41) is 3.98. The molecule has 0 aromatic heterocycles. The maximum atomic E-state index is 8.12. The van der Waals surface area contributed by atoms with Crippen molar-refractivity contribution in [1.29, 1.82) is 0 Å². The van der Waals surface area contributed by atoms with Gasteiger partial charge in [-0.25, -0.2) is 0 Å². The van der Waals surface area contributed by atoms with E-state index in [1.165, 1.54) is 5.71 Å². The van der Waals surface area contributed by atoms with Crippen LogP contribution in [0.1, 0.15) is 13.3 Å². The highest BCUT2D eigenvalue weighted by molar-refractivity contribution is 5.88. The molecule has 0 bridgehead atoms.